The molecule has 1 aromatic carbocycles. The van der Waals surface area contributed by atoms with Crippen LogP contribution in [0.2, 0.25) is 0 Å². The van der Waals surface area contributed by atoms with E-state index in [1.54, 1.807) is 0 Å². The van der Waals surface area contributed by atoms with E-state index in [1.165, 1.54) is 11.1 Å². The Hall–Kier alpha value is -1.77. The topological polar surface area (TPSA) is 29.9 Å². The predicted molar refractivity (Wildman–Crippen MR) is 75.8 cm³/mol. The summed E-state index contributed by atoms with van der Waals surface area (Å²) in [5, 5.41) is 7.84. The molecule has 1 N–H and O–H groups in total. The van der Waals surface area contributed by atoms with Crippen LogP contribution in [0.15, 0.2) is 30.5 Å². The second kappa shape index (κ2) is 5.25. The third-order valence-corrected chi connectivity index (χ3v) is 3.27. The molecule has 3 nitrogen and oxygen atoms in total. The molecule has 0 aliphatic heterocycles. The number of nitrogens with one attached hydrogen (secondary N) is 1. The van der Waals surface area contributed by atoms with Gasteiger partial charge in [0.1, 0.15) is 0 Å². The van der Waals surface area contributed by atoms with Crippen molar-refractivity contribution in [3.63, 3.8) is 0 Å². The number of anilines is 1. The molecule has 0 spiro atoms. The summed E-state index contributed by atoms with van der Waals surface area (Å²) in [5.41, 5.74) is 4.82. The molecule has 1 unspecified atom stereocenters. The maximum absolute atomic E-state index is 4.34. The Labute approximate surface area is 109 Å². The molecule has 0 aliphatic carbocycles. The normalized spacial score (nSPS) is 12.4. The number of aryl methyl sites for hydroxylation is 3. The summed E-state index contributed by atoms with van der Waals surface area (Å²) in [4.78, 5) is 0. The largest absolute Gasteiger partial charge is 0.376 e. The lowest BCUT2D eigenvalue weighted by Gasteiger charge is -2.15. The van der Waals surface area contributed by atoms with E-state index < -0.39 is 0 Å². The van der Waals surface area contributed by atoms with Gasteiger partial charge in [-0.25, -0.2) is 0 Å². The van der Waals surface area contributed by atoms with Crippen LogP contribution >= 0.6 is 0 Å². The summed E-state index contributed by atoms with van der Waals surface area (Å²) in [7, 11) is 1.94. The second-order valence-corrected chi connectivity index (χ2v) is 4.76. The van der Waals surface area contributed by atoms with Crippen LogP contribution in [0.25, 0.3) is 0 Å². The third-order valence-electron chi connectivity index (χ3n) is 3.27. The second-order valence-electron chi connectivity index (χ2n) is 4.76. The zero-order valence-electron chi connectivity index (χ0n) is 11.6. The Morgan fingerprint density at radius 2 is 1.94 bits per heavy atom. The van der Waals surface area contributed by atoms with Crippen LogP contribution in [0.5, 0.6) is 0 Å². The standard InChI is InChI=1S/C15H21N3/c1-5-13-6-8-14(9-7-13)11(2)16-15-10-18(4)17-12(15)3/h6-11,16H,5H2,1-4H3. The minimum atomic E-state index is 0.291. The monoisotopic (exact) mass is 243 g/mol. The van der Waals surface area contributed by atoms with Gasteiger partial charge in [0.05, 0.1) is 11.4 Å². The number of rotatable bonds is 4. The number of aromatic nitrogens is 2. The molecule has 1 atom stereocenters. The van der Waals surface area contributed by atoms with Crippen LogP contribution in [-0.2, 0) is 13.5 Å². The average Bonchev–Trinajstić information content (AvgIpc) is 2.68. The first-order chi connectivity index (χ1) is 8.60. The van der Waals surface area contributed by atoms with Crippen molar-refractivity contribution in [1.82, 2.24) is 9.78 Å². The fraction of sp³-hybridized carbons (Fsp3) is 0.400. The van der Waals surface area contributed by atoms with Gasteiger partial charge in [-0.05, 0) is 31.4 Å². The molecule has 1 heterocycles. The fourth-order valence-electron chi connectivity index (χ4n) is 2.10. The first-order valence-corrected chi connectivity index (χ1v) is 6.45. The Morgan fingerprint density at radius 3 is 2.44 bits per heavy atom. The van der Waals surface area contributed by atoms with Gasteiger partial charge < -0.3 is 5.32 Å². The summed E-state index contributed by atoms with van der Waals surface area (Å²) in [6, 6.07) is 9.08. The van der Waals surface area contributed by atoms with Crippen molar-refractivity contribution in [2.45, 2.75) is 33.2 Å². The molecule has 2 aromatic rings. The van der Waals surface area contributed by atoms with Gasteiger partial charge in [-0.3, -0.25) is 4.68 Å². The molecule has 0 amide bonds. The van der Waals surface area contributed by atoms with Crippen LogP contribution in [-0.4, -0.2) is 9.78 Å². The molecule has 96 valence electrons. The van der Waals surface area contributed by atoms with E-state index >= 15 is 0 Å². The van der Waals surface area contributed by atoms with E-state index in [2.05, 4.69) is 48.5 Å². The maximum Gasteiger partial charge on any atom is 0.0825 e. The van der Waals surface area contributed by atoms with Crippen LogP contribution in [0.1, 0.15) is 36.7 Å². The molecule has 1 aromatic heterocycles. The van der Waals surface area contributed by atoms with Gasteiger partial charge in [-0.1, -0.05) is 31.2 Å². The molecular weight excluding hydrogens is 222 g/mol. The highest BCUT2D eigenvalue weighted by Gasteiger charge is 2.08. The van der Waals surface area contributed by atoms with Crippen molar-refractivity contribution in [2.24, 2.45) is 7.05 Å². The van der Waals surface area contributed by atoms with Crippen LogP contribution < -0.4 is 5.32 Å². The Kier molecular flexibility index (Phi) is 3.70. The molecular formula is C15H21N3. The van der Waals surface area contributed by atoms with Crippen LogP contribution in [0.3, 0.4) is 0 Å². The highest BCUT2D eigenvalue weighted by molar-refractivity contribution is 5.47. The Balaban J connectivity index is 2.11. The average molecular weight is 243 g/mol. The van der Waals surface area contributed by atoms with Crippen LogP contribution in [0, 0.1) is 6.92 Å². The summed E-state index contributed by atoms with van der Waals surface area (Å²) in [5.74, 6) is 0. The van der Waals surface area contributed by atoms with Gasteiger partial charge in [0, 0.05) is 19.3 Å². The molecule has 0 radical (unpaired) electrons. The minimum absolute atomic E-state index is 0.291. The Bertz CT molecular complexity index is 511. The van der Waals surface area contributed by atoms with Crippen molar-refractivity contribution in [3.8, 4) is 0 Å². The molecule has 0 saturated carbocycles. The van der Waals surface area contributed by atoms with Gasteiger partial charge in [0.15, 0.2) is 0 Å². The van der Waals surface area contributed by atoms with Gasteiger partial charge in [0.25, 0.3) is 0 Å². The van der Waals surface area contributed by atoms with E-state index in [1.807, 2.05) is 24.9 Å². The van der Waals surface area contributed by atoms with Gasteiger partial charge in [-0.15, -0.1) is 0 Å². The lowest BCUT2D eigenvalue weighted by Crippen LogP contribution is -2.06. The van der Waals surface area contributed by atoms with E-state index in [0.29, 0.717) is 6.04 Å². The lowest BCUT2D eigenvalue weighted by molar-refractivity contribution is 0.756. The number of hydrogen-bond donors (Lipinski definition) is 1. The van der Waals surface area contributed by atoms with E-state index in [0.717, 1.165) is 17.8 Å². The number of hydrogen-bond acceptors (Lipinski definition) is 2. The van der Waals surface area contributed by atoms with Gasteiger partial charge in [-0.2, -0.15) is 5.10 Å². The number of benzene rings is 1. The quantitative estimate of drug-likeness (QED) is 0.891. The van der Waals surface area contributed by atoms with E-state index in [4.69, 9.17) is 0 Å². The van der Waals surface area contributed by atoms with Crippen LogP contribution in [0.4, 0.5) is 5.69 Å². The summed E-state index contributed by atoms with van der Waals surface area (Å²) in [6.45, 7) is 6.37. The highest BCUT2D eigenvalue weighted by Crippen LogP contribution is 2.21. The van der Waals surface area contributed by atoms with Gasteiger partial charge >= 0.3 is 0 Å². The number of nitrogens with zero attached hydrogens (tertiary/aromatic N) is 2. The first kappa shape index (κ1) is 12.7. The lowest BCUT2D eigenvalue weighted by atomic mass is 10.0. The smallest absolute Gasteiger partial charge is 0.0825 e. The molecule has 2 rings (SSSR count). The zero-order chi connectivity index (χ0) is 13.1. The molecule has 18 heavy (non-hydrogen) atoms. The van der Waals surface area contributed by atoms with Crippen molar-refractivity contribution in [1.29, 1.82) is 0 Å². The van der Waals surface area contributed by atoms with Crippen molar-refractivity contribution < 1.29 is 0 Å². The fourth-order valence-corrected chi connectivity index (χ4v) is 2.10. The van der Waals surface area contributed by atoms with Crippen molar-refractivity contribution >= 4 is 5.69 Å². The molecule has 3 heteroatoms. The molecule has 0 aliphatic rings. The third kappa shape index (κ3) is 2.73. The zero-order valence-corrected chi connectivity index (χ0v) is 11.6. The summed E-state index contributed by atoms with van der Waals surface area (Å²) in [6.07, 6.45) is 3.11. The van der Waals surface area contributed by atoms with E-state index in [-0.39, 0.29) is 0 Å². The van der Waals surface area contributed by atoms with Crippen molar-refractivity contribution in [2.75, 3.05) is 5.32 Å². The summed E-state index contributed by atoms with van der Waals surface area (Å²) >= 11 is 0. The minimum Gasteiger partial charge on any atom is -0.376 e. The van der Waals surface area contributed by atoms with Gasteiger partial charge in [0.2, 0.25) is 0 Å². The van der Waals surface area contributed by atoms with E-state index in [9.17, 15) is 0 Å². The maximum atomic E-state index is 4.34. The first-order valence-electron chi connectivity index (χ1n) is 6.45. The SMILES string of the molecule is CCc1ccc(C(C)Nc2cn(C)nc2C)cc1. The highest BCUT2D eigenvalue weighted by atomic mass is 15.3. The Morgan fingerprint density at radius 1 is 1.28 bits per heavy atom. The molecule has 0 bridgehead atoms. The predicted octanol–water partition coefficient (Wildman–Crippen LogP) is 3.46. The molecule has 0 fully saturated rings. The summed E-state index contributed by atoms with van der Waals surface area (Å²) < 4.78 is 1.84. The molecule has 0 saturated heterocycles. The van der Waals surface area contributed by atoms with Crippen molar-refractivity contribution in [3.05, 3.63) is 47.3 Å².